The van der Waals surface area contributed by atoms with E-state index < -0.39 is 0 Å². The highest BCUT2D eigenvalue weighted by molar-refractivity contribution is 5.94. The first-order valence-corrected chi connectivity index (χ1v) is 13.5. The molecule has 0 saturated heterocycles. The lowest BCUT2D eigenvalue weighted by atomic mass is 9.48. The summed E-state index contributed by atoms with van der Waals surface area (Å²) in [4.78, 5) is 28.2. The molecule has 0 bridgehead atoms. The highest BCUT2D eigenvalue weighted by atomic mass is 16.2. The van der Waals surface area contributed by atoms with Crippen molar-refractivity contribution in [2.75, 3.05) is 13.1 Å². The maximum atomic E-state index is 13.2. The van der Waals surface area contributed by atoms with Crippen LogP contribution in [0.5, 0.6) is 0 Å². The summed E-state index contributed by atoms with van der Waals surface area (Å²) in [5.74, 6) is 2.60. The quantitative estimate of drug-likeness (QED) is 0.576. The van der Waals surface area contributed by atoms with E-state index in [-0.39, 0.29) is 34.1 Å². The van der Waals surface area contributed by atoms with Gasteiger partial charge in [-0.05, 0) is 114 Å². The zero-order valence-corrected chi connectivity index (χ0v) is 22.1. The summed E-state index contributed by atoms with van der Waals surface area (Å²) in [5, 5.41) is 3.28. The number of hydrogen-bond acceptors (Lipinski definition) is 2. The molecule has 6 atom stereocenters. The van der Waals surface area contributed by atoms with Crippen molar-refractivity contribution in [3.8, 4) is 0 Å². The molecule has 0 heterocycles. The van der Waals surface area contributed by atoms with Crippen LogP contribution in [0.3, 0.4) is 0 Å². The third-order valence-electron chi connectivity index (χ3n) is 9.91. The molecule has 184 valence electrons. The average Bonchev–Trinajstić information content (AvgIpc) is 3.10. The molecule has 0 aromatic heterocycles. The second kappa shape index (κ2) is 8.57. The van der Waals surface area contributed by atoms with Gasteiger partial charge in [0.05, 0.1) is 0 Å². The van der Waals surface area contributed by atoms with Crippen LogP contribution < -0.4 is 5.32 Å². The van der Waals surface area contributed by atoms with E-state index in [1.54, 1.807) is 0 Å². The zero-order valence-electron chi connectivity index (χ0n) is 22.1. The van der Waals surface area contributed by atoms with E-state index >= 15 is 0 Å². The molecule has 2 saturated carbocycles. The van der Waals surface area contributed by atoms with Gasteiger partial charge in [-0.3, -0.25) is 9.59 Å². The van der Waals surface area contributed by atoms with Gasteiger partial charge in [0.2, 0.25) is 11.8 Å². The Balaban J connectivity index is 1.57. The van der Waals surface area contributed by atoms with Gasteiger partial charge in [-0.15, -0.1) is 0 Å². The fourth-order valence-corrected chi connectivity index (χ4v) is 8.10. The summed E-state index contributed by atoms with van der Waals surface area (Å²) in [6.07, 6.45) is 12.4. The van der Waals surface area contributed by atoms with E-state index in [0.29, 0.717) is 17.8 Å². The predicted molar refractivity (Wildman–Crippen MR) is 134 cm³/mol. The van der Waals surface area contributed by atoms with Gasteiger partial charge in [0, 0.05) is 30.1 Å². The van der Waals surface area contributed by atoms with Gasteiger partial charge in [-0.25, -0.2) is 0 Å². The van der Waals surface area contributed by atoms with Crippen LogP contribution in [0.2, 0.25) is 0 Å². The van der Waals surface area contributed by atoms with Crippen molar-refractivity contribution in [1.29, 1.82) is 0 Å². The van der Waals surface area contributed by atoms with Gasteiger partial charge >= 0.3 is 0 Å². The summed E-state index contributed by atoms with van der Waals surface area (Å²) >= 11 is 0. The predicted octanol–water partition coefficient (Wildman–Crippen LogP) is 5.88. The van der Waals surface area contributed by atoms with Gasteiger partial charge in [0.15, 0.2) is 0 Å². The maximum Gasteiger partial charge on any atom is 0.249 e. The average molecular weight is 455 g/mol. The van der Waals surface area contributed by atoms with Crippen molar-refractivity contribution in [2.45, 2.75) is 99.0 Å². The molecule has 2 amide bonds. The van der Waals surface area contributed by atoms with Crippen molar-refractivity contribution in [3.05, 3.63) is 23.3 Å². The Bertz CT molecular complexity index is 861. The highest BCUT2D eigenvalue weighted by Gasteiger charge is 2.59. The van der Waals surface area contributed by atoms with Crippen molar-refractivity contribution >= 4 is 11.8 Å². The molecule has 1 N–H and O–H groups in total. The lowest BCUT2D eigenvalue weighted by Gasteiger charge is -2.57. The molecule has 0 aromatic carbocycles. The number of hydrogen-bond donors (Lipinski definition) is 1. The number of amides is 2. The Morgan fingerprint density at radius 2 is 1.76 bits per heavy atom. The number of carbonyl (C=O) groups is 2. The van der Waals surface area contributed by atoms with Gasteiger partial charge < -0.3 is 10.2 Å². The molecule has 0 aliphatic heterocycles. The molecular weight excluding hydrogens is 408 g/mol. The maximum absolute atomic E-state index is 13.2. The standard InChI is InChI=1S/C29H46N2O2/c1-8-31(9-2)26(33)19-14-16-28(6)20(18-19)10-11-21-22-12-13-24(25(32)30-27(3,4)5)29(22,7)17-15-23(21)28/h10,18,21-24H,8-9,11-17H2,1-7H3,(H,30,32)/t21-,22-,23-,24+,28-,29-/m0/s1. The summed E-state index contributed by atoms with van der Waals surface area (Å²) in [5.41, 5.74) is 2.53. The van der Waals surface area contributed by atoms with Crippen LogP contribution in [-0.2, 0) is 9.59 Å². The summed E-state index contributed by atoms with van der Waals surface area (Å²) in [6, 6.07) is 0. The molecule has 33 heavy (non-hydrogen) atoms. The zero-order chi connectivity index (χ0) is 24.2. The minimum absolute atomic E-state index is 0.118. The van der Waals surface area contributed by atoms with E-state index in [1.165, 1.54) is 18.4 Å². The Morgan fingerprint density at radius 1 is 1.06 bits per heavy atom. The number of nitrogens with one attached hydrogen (secondary N) is 1. The fourth-order valence-electron chi connectivity index (χ4n) is 8.10. The van der Waals surface area contributed by atoms with Crippen molar-refractivity contribution in [2.24, 2.45) is 34.5 Å². The van der Waals surface area contributed by atoms with E-state index in [9.17, 15) is 9.59 Å². The number of carbonyl (C=O) groups excluding carboxylic acids is 2. The molecule has 4 aliphatic rings. The molecule has 0 unspecified atom stereocenters. The van der Waals surface area contributed by atoms with Crippen molar-refractivity contribution in [1.82, 2.24) is 10.2 Å². The van der Waals surface area contributed by atoms with Gasteiger partial charge in [-0.1, -0.05) is 26.0 Å². The largest absolute Gasteiger partial charge is 0.351 e. The normalized spacial score (nSPS) is 37.8. The highest BCUT2D eigenvalue weighted by Crippen LogP contribution is 2.66. The topological polar surface area (TPSA) is 49.4 Å². The smallest absolute Gasteiger partial charge is 0.249 e. The van der Waals surface area contributed by atoms with Crippen LogP contribution in [-0.4, -0.2) is 35.3 Å². The third kappa shape index (κ3) is 4.10. The number of nitrogens with zero attached hydrogens (tertiary/aromatic N) is 1. The molecule has 4 aliphatic carbocycles. The second-order valence-electron chi connectivity index (χ2n) is 12.8. The molecular formula is C29H46N2O2. The Labute approximate surface area is 201 Å². The number of likely N-dealkylation sites (N-methyl/N-ethyl adjacent to an activating group) is 1. The lowest BCUT2D eigenvalue weighted by molar-refractivity contribution is -0.133. The number of allylic oxidation sites excluding steroid dienone is 3. The van der Waals surface area contributed by atoms with E-state index in [4.69, 9.17) is 0 Å². The SMILES string of the molecule is CCN(CC)C(=O)C1=CC2=CC[C@H]3[C@@H]4CC[C@H](C(=O)NC(C)(C)C)[C@@]4(C)CC[C@@H]3[C@@]2(C)CC1. The second-order valence-corrected chi connectivity index (χ2v) is 12.8. The van der Waals surface area contributed by atoms with Gasteiger partial charge in [0.25, 0.3) is 0 Å². The Hall–Kier alpha value is -1.58. The van der Waals surface area contributed by atoms with Crippen LogP contribution in [0.4, 0.5) is 0 Å². The van der Waals surface area contributed by atoms with Crippen LogP contribution in [0, 0.1) is 34.5 Å². The molecule has 4 heteroatoms. The molecule has 4 nitrogen and oxygen atoms in total. The first-order valence-electron chi connectivity index (χ1n) is 13.5. The molecule has 0 aromatic rings. The first-order chi connectivity index (χ1) is 15.4. The summed E-state index contributed by atoms with van der Waals surface area (Å²) < 4.78 is 0. The van der Waals surface area contributed by atoms with Crippen LogP contribution >= 0.6 is 0 Å². The van der Waals surface area contributed by atoms with Crippen molar-refractivity contribution in [3.63, 3.8) is 0 Å². The molecule has 4 rings (SSSR count). The monoisotopic (exact) mass is 454 g/mol. The Kier molecular flexibility index (Phi) is 6.38. The first kappa shape index (κ1) is 24.5. The number of rotatable bonds is 4. The number of fused-ring (bicyclic) bond motifs is 5. The summed E-state index contributed by atoms with van der Waals surface area (Å²) in [6.45, 7) is 16.8. The van der Waals surface area contributed by atoms with Crippen molar-refractivity contribution < 1.29 is 9.59 Å². The summed E-state index contributed by atoms with van der Waals surface area (Å²) in [7, 11) is 0. The van der Waals surface area contributed by atoms with Crippen LogP contribution in [0.25, 0.3) is 0 Å². The fraction of sp³-hybridized carbons (Fsp3) is 0.793. The van der Waals surface area contributed by atoms with Gasteiger partial charge in [-0.2, -0.15) is 0 Å². The van der Waals surface area contributed by atoms with E-state index in [0.717, 1.165) is 50.8 Å². The minimum atomic E-state index is -0.173. The third-order valence-corrected chi connectivity index (χ3v) is 9.91. The van der Waals surface area contributed by atoms with E-state index in [1.807, 2.05) is 4.90 Å². The van der Waals surface area contributed by atoms with Gasteiger partial charge in [0.1, 0.15) is 0 Å². The van der Waals surface area contributed by atoms with Crippen LogP contribution in [0.15, 0.2) is 23.3 Å². The molecule has 0 radical (unpaired) electrons. The minimum Gasteiger partial charge on any atom is -0.351 e. The van der Waals surface area contributed by atoms with Crippen LogP contribution in [0.1, 0.15) is 93.4 Å². The molecule has 2 fully saturated rings. The van der Waals surface area contributed by atoms with E-state index in [2.05, 4.69) is 65.9 Å². The molecule has 0 spiro atoms. The lowest BCUT2D eigenvalue weighted by Crippen LogP contribution is -2.52. The Morgan fingerprint density at radius 3 is 2.39 bits per heavy atom.